The minimum atomic E-state index is 0.0316. The first kappa shape index (κ1) is 15.0. The van der Waals surface area contributed by atoms with Gasteiger partial charge in [-0.15, -0.1) is 0 Å². The summed E-state index contributed by atoms with van der Waals surface area (Å²) in [6.45, 7) is 0. The number of aromatic nitrogens is 3. The third kappa shape index (κ3) is 1.99. The average Bonchev–Trinajstić information content (AvgIpc) is 3.22. The lowest BCUT2D eigenvalue weighted by Gasteiger charge is -2.61. The van der Waals surface area contributed by atoms with Gasteiger partial charge in [0.25, 0.3) is 5.91 Å². The van der Waals surface area contributed by atoms with Gasteiger partial charge in [0.05, 0.1) is 23.0 Å². The highest BCUT2D eigenvalue weighted by molar-refractivity contribution is 6.12. The van der Waals surface area contributed by atoms with E-state index in [1.807, 2.05) is 48.1 Å². The van der Waals surface area contributed by atoms with Gasteiger partial charge in [-0.25, -0.2) is 4.52 Å². The van der Waals surface area contributed by atoms with Gasteiger partial charge in [0, 0.05) is 35.2 Å². The minimum absolute atomic E-state index is 0.0316. The molecule has 27 heavy (non-hydrogen) atoms. The first-order chi connectivity index (χ1) is 13.1. The van der Waals surface area contributed by atoms with Crippen LogP contribution in [0.3, 0.4) is 0 Å². The molecule has 134 valence electrons. The number of nitrogens with one attached hydrogen (secondary N) is 1. The van der Waals surface area contributed by atoms with Crippen LogP contribution in [-0.4, -0.2) is 25.6 Å². The van der Waals surface area contributed by atoms with Gasteiger partial charge in [-0.05, 0) is 61.6 Å². The van der Waals surface area contributed by atoms with Gasteiger partial charge in [-0.3, -0.25) is 4.79 Å². The SMILES string of the molecule is Cn1ccc2c(C(=O)NC34CC(C3)C4)c(-c3cccc4ccnn34)ccc21. The van der Waals surface area contributed by atoms with Crippen molar-refractivity contribution in [3.63, 3.8) is 0 Å². The highest BCUT2D eigenvalue weighted by Crippen LogP contribution is 2.57. The van der Waals surface area contributed by atoms with Gasteiger partial charge in [-0.1, -0.05) is 6.07 Å². The molecule has 3 saturated carbocycles. The molecule has 0 unspecified atom stereocenters. The normalized spacial score (nSPS) is 23.2. The van der Waals surface area contributed by atoms with Gasteiger partial charge in [0.2, 0.25) is 0 Å². The number of pyridine rings is 1. The number of carbonyl (C=O) groups excluding carboxylic acids is 1. The number of aryl methyl sites for hydroxylation is 1. The fourth-order valence-electron chi connectivity index (χ4n) is 4.90. The number of rotatable bonds is 3. The summed E-state index contributed by atoms with van der Waals surface area (Å²) in [5, 5.41) is 8.81. The Morgan fingerprint density at radius 1 is 1.15 bits per heavy atom. The molecule has 0 atom stereocenters. The molecule has 2 bridgehead atoms. The van der Waals surface area contributed by atoms with E-state index in [2.05, 4.69) is 27.1 Å². The lowest BCUT2D eigenvalue weighted by atomic mass is 9.50. The number of carbonyl (C=O) groups is 1. The number of nitrogens with zero attached hydrogens (tertiary/aromatic N) is 3. The van der Waals surface area contributed by atoms with E-state index >= 15 is 0 Å². The number of fused-ring (bicyclic) bond motifs is 2. The Morgan fingerprint density at radius 3 is 2.78 bits per heavy atom. The molecule has 3 aliphatic carbocycles. The molecule has 5 heteroatoms. The number of amides is 1. The maximum atomic E-state index is 13.4. The number of hydrogen-bond donors (Lipinski definition) is 1. The fraction of sp³-hybridized carbons (Fsp3) is 0.273. The molecule has 3 aliphatic rings. The smallest absolute Gasteiger partial charge is 0.253 e. The Balaban J connectivity index is 1.58. The van der Waals surface area contributed by atoms with E-state index in [1.54, 1.807) is 6.20 Å². The van der Waals surface area contributed by atoms with Crippen molar-refractivity contribution >= 4 is 22.3 Å². The topological polar surface area (TPSA) is 51.3 Å². The molecule has 4 aromatic rings. The zero-order valence-corrected chi connectivity index (χ0v) is 15.1. The maximum Gasteiger partial charge on any atom is 0.253 e. The van der Waals surface area contributed by atoms with Crippen molar-refractivity contribution in [2.45, 2.75) is 24.8 Å². The second-order valence-corrected chi connectivity index (χ2v) is 8.14. The third-order valence-corrected chi connectivity index (χ3v) is 6.41. The molecule has 0 aliphatic heterocycles. The largest absolute Gasteiger partial charge is 0.351 e. The van der Waals surface area contributed by atoms with Gasteiger partial charge in [0.15, 0.2) is 0 Å². The minimum Gasteiger partial charge on any atom is -0.351 e. The van der Waals surface area contributed by atoms with E-state index in [9.17, 15) is 4.79 Å². The lowest BCUT2D eigenvalue weighted by molar-refractivity contribution is -0.0438. The Labute approximate surface area is 156 Å². The lowest BCUT2D eigenvalue weighted by Crippen LogP contribution is -2.68. The molecule has 0 spiro atoms. The van der Waals surface area contributed by atoms with Crippen LogP contribution in [0, 0.1) is 5.92 Å². The standard InChI is InChI=1S/C22H20N4O/c1-25-10-8-17-18(25)6-5-16(19-4-2-3-15-7-9-23-26(15)19)20(17)21(27)24-22-11-14(12-22)13-22/h2-10,14H,11-13H2,1H3,(H,24,27). The second kappa shape index (κ2) is 5.00. The molecule has 1 N–H and O–H groups in total. The molecular weight excluding hydrogens is 336 g/mol. The van der Waals surface area contributed by atoms with Crippen molar-refractivity contribution in [2.24, 2.45) is 13.0 Å². The van der Waals surface area contributed by atoms with Crippen molar-refractivity contribution < 1.29 is 4.79 Å². The summed E-state index contributed by atoms with van der Waals surface area (Å²) in [5.74, 6) is 0.860. The van der Waals surface area contributed by atoms with Crippen molar-refractivity contribution in [1.29, 1.82) is 0 Å². The molecule has 1 aromatic carbocycles. The van der Waals surface area contributed by atoms with Crippen molar-refractivity contribution in [3.8, 4) is 11.3 Å². The van der Waals surface area contributed by atoms with Crippen LogP contribution in [0.15, 0.2) is 54.9 Å². The number of benzene rings is 1. The van der Waals surface area contributed by atoms with Gasteiger partial charge < -0.3 is 9.88 Å². The molecule has 0 saturated heterocycles. The summed E-state index contributed by atoms with van der Waals surface area (Å²) in [4.78, 5) is 13.4. The van der Waals surface area contributed by atoms with E-state index in [1.165, 1.54) is 0 Å². The van der Waals surface area contributed by atoms with E-state index in [0.717, 1.165) is 58.4 Å². The predicted molar refractivity (Wildman–Crippen MR) is 105 cm³/mol. The molecule has 3 fully saturated rings. The number of hydrogen-bond acceptors (Lipinski definition) is 2. The Hall–Kier alpha value is -3.08. The van der Waals surface area contributed by atoms with Crippen LogP contribution in [-0.2, 0) is 7.05 Å². The first-order valence-electron chi connectivity index (χ1n) is 9.47. The molecule has 1 amide bonds. The van der Waals surface area contributed by atoms with E-state index in [4.69, 9.17) is 0 Å². The highest BCUT2D eigenvalue weighted by atomic mass is 16.1. The monoisotopic (exact) mass is 356 g/mol. The summed E-state index contributed by atoms with van der Waals surface area (Å²) in [7, 11) is 2.01. The summed E-state index contributed by atoms with van der Waals surface area (Å²) < 4.78 is 3.97. The zero-order chi connectivity index (χ0) is 18.2. The van der Waals surface area contributed by atoms with Crippen molar-refractivity contribution in [1.82, 2.24) is 19.5 Å². The van der Waals surface area contributed by atoms with Crippen LogP contribution in [0.2, 0.25) is 0 Å². The first-order valence-corrected chi connectivity index (χ1v) is 9.47. The molecule has 0 radical (unpaired) electrons. The van der Waals surface area contributed by atoms with Crippen LogP contribution in [0.5, 0.6) is 0 Å². The van der Waals surface area contributed by atoms with E-state index < -0.39 is 0 Å². The molecule has 7 rings (SSSR count). The maximum absolute atomic E-state index is 13.4. The van der Waals surface area contributed by atoms with Gasteiger partial charge in [-0.2, -0.15) is 5.10 Å². The van der Waals surface area contributed by atoms with Crippen LogP contribution >= 0.6 is 0 Å². The highest BCUT2D eigenvalue weighted by Gasteiger charge is 2.57. The van der Waals surface area contributed by atoms with Crippen LogP contribution in [0.1, 0.15) is 29.6 Å². The molecule has 3 aromatic heterocycles. The Kier molecular flexibility index (Phi) is 2.78. The molecular formula is C22H20N4O. The quantitative estimate of drug-likeness (QED) is 0.607. The molecule has 3 heterocycles. The summed E-state index contributed by atoms with van der Waals surface area (Å²) in [6.07, 6.45) is 7.21. The third-order valence-electron chi connectivity index (χ3n) is 6.41. The predicted octanol–water partition coefficient (Wildman–Crippen LogP) is 3.78. The van der Waals surface area contributed by atoms with Gasteiger partial charge >= 0.3 is 0 Å². The summed E-state index contributed by atoms with van der Waals surface area (Å²) >= 11 is 0. The van der Waals surface area contributed by atoms with Crippen LogP contribution in [0.25, 0.3) is 27.7 Å². The zero-order valence-electron chi connectivity index (χ0n) is 15.1. The molecule has 5 nitrogen and oxygen atoms in total. The van der Waals surface area contributed by atoms with Crippen LogP contribution < -0.4 is 5.32 Å². The second-order valence-electron chi connectivity index (χ2n) is 8.14. The summed E-state index contributed by atoms with van der Waals surface area (Å²) in [5.41, 5.74) is 4.74. The summed E-state index contributed by atoms with van der Waals surface area (Å²) in [6, 6.07) is 14.2. The van der Waals surface area contributed by atoms with Gasteiger partial charge in [0.1, 0.15) is 0 Å². The average molecular weight is 356 g/mol. The van der Waals surface area contributed by atoms with Crippen LogP contribution in [0.4, 0.5) is 0 Å². The fourth-order valence-corrected chi connectivity index (χ4v) is 4.90. The Bertz CT molecular complexity index is 1210. The van der Waals surface area contributed by atoms with Crippen molar-refractivity contribution in [3.05, 3.63) is 60.4 Å². The van der Waals surface area contributed by atoms with Crippen molar-refractivity contribution in [2.75, 3.05) is 0 Å². The Morgan fingerprint density at radius 2 is 2.00 bits per heavy atom. The van der Waals surface area contributed by atoms with E-state index in [0.29, 0.717) is 0 Å². The van der Waals surface area contributed by atoms with E-state index in [-0.39, 0.29) is 11.4 Å².